The van der Waals surface area contributed by atoms with E-state index < -0.39 is 0 Å². The number of amides is 1. The second kappa shape index (κ2) is 8.55. The van der Waals surface area contributed by atoms with Gasteiger partial charge in [-0.2, -0.15) is 9.61 Å². The number of aromatic nitrogens is 6. The average molecular weight is 419 g/mol. The third-order valence-electron chi connectivity index (χ3n) is 5.13. The zero-order chi connectivity index (χ0) is 22.0. The molecule has 0 aliphatic heterocycles. The summed E-state index contributed by atoms with van der Waals surface area (Å²) in [6.07, 6.45) is 0.916. The Morgan fingerprint density at radius 2 is 1.87 bits per heavy atom. The lowest BCUT2D eigenvalue weighted by Gasteiger charge is -2.11. The Balaban J connectivity index is 1.50. The average Bonchev–Trinajstić information content (AvgIpc) is 3.27. The highest BCUT2D eigenvalue weighted by molar-refractivity contribution is 5.92. The topological polar surface area (TPSA) is 99.2 Å². The molecule has 0 saturated carbocycles. The van der Waals surface area contributed by atoms with Gasteiger partial charge in [-0.1, -0.05) is 12.1 Å². The molecule has 9 heteroatoms. The molecule has 160 valence electrons. The van der Waals surface area contributed by atoms with E-state index in [0.29, 0.717) is 48.2 Å². The van der Waals surface area contributed by atoms with Crippen LogP contribution in [0.2, 0.25) is 0 Å². The number of benzene rings is 1. The monoisotopic (exact) mass is 419 g/mol. The van der Waals surface area contributed by atoms with Gasteiger partial charge in [-0.15, -0.1) is 15.3 Å². The minimum Gasteiger partial charge on any atom is -0.492 e. The molecule has 1 amide bonds. The van der Waals surface area contributed by atoms with Crippen molar-refractivity contribution in [2.75, 3.05) is 11.9 Å². The Labute approximate surface area is 180 Å². The maximum Gasteiger partial charge on any atom is 0.224 e. The summed E-state index contributed by atoms with van der Waals surface area (Å²) in [6, 6.07) is 11.2. The fourth-order valence-corrected chi connectivity index (χ4v) is 3.56. The van der Waals surface area contributed by atoms with Crippen LogP contribution in [-0.2, 0) is 11.2 Å². The molecule has 4 aromatic rings. The van der Waals surface area contributed by atoms with Crippen molar-refractivity contribution >= 4 is 17.2 Å². The molecular weight excluding hydrogens is 394 g/mol. The molecule has 0 radical (unpaired) electrons. The first kappa shape index (κ1) is 20.5. The summed E-state index contributed by atoms with van der Waals surface area (Å²) >= 11 is 0. The van der Waals surface area contributed by atoms with E-state index in [1.54, 1.807) is 9.20 Å². The number of rotatable bonds is 7. The van der Waals surface area contributed by atoms with Gasteiger partial charge in [-0.3, -0.25) is 4.79 Å². The van der Waals surface area contributed by atoms with Gasteiger partial charge in [0.1, 0.15) is 5.75 Å². The fraction of sp³-hybridized carbons (Fsp3) is 0.318. The van der Waals surface area contributed by atoms with E-state index in [1.807, 2.05) is 64.1 Å². The summed E-state index contributed by atoms with van der Waals surface area (Å²) in [5, 5.41) is 20.3. The first-order chi connectivity index (χ1) is 15.0. The van der Waals surface area contributed by atoms with Crippen LogP contribution in [0, 0.1) is 20.8 Å². The molecule has 0 bridgehead atoms. The number of anilines is 1. The van der Waals surface area contributed by atoms with E-state index in [9.17, 15) is 4.79 Å². The molecule has 0 aliphatic rings. The Morgan fingerprint density at radius 3 is 2.68 bits per heavy atom. The lowest BCUT2D eigenvalue weighted by molar-refractivity contribution is -0.116. The van der Waals surface area contributed by atoms with E-state index >= 15 is 0 Å². The van der Waals surface area contributed by atoms with Crippen LogP contribution in [0.15, 0.2) is 36.4 Å². The van der Waals surface area contributed by atoms with Crippen molar-refractivity contribution in [3.63, 3.8) is 0 Å². The molecule has 31 heavy (non-hydrogen) atoms. The number of fused-ring (bicyclic) bond motifs is 1. The van der Waals surface area contributed by atoms with Crippen LogP contribution in [0.3, 0.4) is 0 Å². The van der Waals surface area contributed by atoms with Crippen LogP contribution >= 0.6 is 0 Å². The number of para-hydroxylation sites is 2. The minimum atomic E-state index is -0.0710. The number of hydrogen-bond donors (Lipinski definition) is 1. The smallest absolute Gasteiger partial charge is 0.224 e. The number of carbonyl (C=O) groups is 1. The molecule has 0 atom stereocenters. The quantitative estimate of drug-likeness (QED) is 0.494. The molecule has 1 aromatic carbocycles. The molecule has 0 saturated heterocycles. The van der Waals surface area contributed by atoms with Gasteiger partial charge in [0.2, 0.25) is 5.91 Å². The highest BCUT2D eigenvalue weighted by Gasteiger charge is 2.16. The third-order valence-corrected chi connectivity index (χ3v) is 5.13. The molecule has 3 aromatic heterocycles. The number of aryl methyl sites for hydroxylation is 2. The Hall–Kier alpha value is -3.75. The Kier molecular flexibility index (Phi) is 5.66. The van der Waals surface area contributed by atoms with Gasteiger partial charge in [-0.05, 0) is 63.9 Å². The Bertz CT molecular complexity index is 1240. The van der Waals surface area contributed by atoms with Crippen molar-refractivity contribution < 1.29 is 9.53 Å². The number of hydrogen-bond acceptors (Lipinski definition) is 6. The highest BCUT2D eigenvalue weighted by atomic mass is 16.5. The first-order valence-corrected chi connectivity index (χ1v) is 10.2. The van der Waals surface area contributed by atoms with Crippen molar-refractivity contribution in [3.8, 4) is 11.6 Å². The van der Waals surface area contributed by atoms with Crippen LogP contribution in [-0.4, -0.2) is 42.1 Å². The van der Waals surface area contributed by atoms with Gasteiger partial charge < -0.3 is 10.1 Å². The standard InChI is InChI=1S/C22H25N7O2/c1-5-31-19-9-7-6-8-18(19)23-22(30)13-10-17-14(2)26-28(15(17)3)21-12-11-20-25-24-16(4)29(20)27-21/h6-9,11-12H,5,10,13H2,1-4H3,(H,23,30). The summed E-state index contributed by atoms with van der Waals surface area (Å²) in [7, 11) is 0. The van der Waals surface area contributed by atoms with Crippen LogP contribution in [0.1, 0.15) is 36.1 Å². The van der Waals surface area contributed by atoms with E-state index in [-0.39, 0.29) is 5.91 Å². The van der Waals surface area contributed by atoms with Gasteiger partial charge in [0.25, 0.3) is 0 Å². The molecular formula is C22H25N7O2. The van der Waals surface area contributed by atoms with Gasteiger partial charge in [0, 0.05) is 12.1 Å². The molecule has 3 heterocycles. The van der Waals surface area contributed by atoms with Crippen LogP contribution in [0.25, 0.3) is 11.5 Å². The number of nitrogens with zero attached hydrogens (tertiary/aromatic N) is 6. The molecule has 9 nitrogen and oxygen atoms in total. The highest BCUT2D eigenvalue weighted by Crippen LogP contribution is 2.24. The van der Waals surface area contributed by atoms with Gasteiger partial charge >= 0.3 is 0 Å². The predicted octanol–water partition coefficient (Wildman–Crippen LogP) is 3.21. The Morgan fingerprint density at radius 1 is 1.06 bits per heavy atom. The van der Waals surface area contributed by atoms with Crippen molar-refractivity contribution in [3.05, 3.63) is 59.2 Å². The summed E-state index contributed by atoms with van der Waals surface area (Å²) in [5.41, 5.74) is 4.24. The summed E-state index contributed by atoms with van der Waals surface area (Å²) in [4.78, 5) is 12.6. The number of carbonyl (C=O) groups excluding carboxylic acids is 1. The number of nitrogens with one attached hydrogen (secondary N) is 1. The second-order valence-corrected chi connectivity index (χ2v) is 7.25. The SMILES string of the molecule is CCOc1ccccc1NC(=O)CCc1c(C)nn(-c2ccc3nnc(C)n3n2)c1C. The van der Waals surface area contributed by atoms with Gasteiger partial charge in [0.05, 0.1) is 18.0 Å². The van der Waals surface area contributed by atoms with E-state index in [4.69, 9.17) is 4.74 Å². The molecule has 4 rings (SSSR count). The van der Waals surface area contributed by atoms with Crippen molar-refractivity contribution in [2.24, 2.45) is 0 Å². The normalized spacial score (nSPS) is 11.1. The summed E-state index contributed by atoms with van der Waals surface area (Å²) in [5.74, 6) is 1.99. The lowest BCUT2D eigenvalue weighted by atomic mass is 10.1. The third kappa shape index (κ3) is 4.11. The number of ether oxygens (including phenoxy) is 1. The summed E-state index contributed by atoms with van der Waals surface area (Å²) < 4.78 is 9.07. The molecule has 0 aliphatic carbocycles. The predicted molar refractivity (Wildman–Crippen MR) is 117 cm³/mol. The molecule has 0 unspecified atom stereocenters. The lowest BCUT2D eigenvalue weighted by Crippen LogP contribution is -2.13. The van der Waals surface area contributed by atoms with Crippen LogP contribution < -0.4 is 10.1 Å². The van der Waals surface area contributed by atoms with Crippen molar-refractivity contribution in [1.82, 2.24) is 29.6 Å². The van der Waals surface area contributed by atoms with E-state index in [1.165, 1.54) is 0 Å². The summed E-state index contributed by atoms with van der Waals surface area (Å²) in [6.45, 7) is 8.25. The van der Waals surface area contributed by atoms with Gasteiger partial charge in [0.15, 0.2) is 17.3 Å². The molecule has 1 N–H and O–H groups in total. The largest absolute Gasteiger partial charge is 0.492 e. The van der Waals surface area contributed by atoms with E-state index in [2.05, 4.69) is 25.7 Å². The van der Waals surface area contributed by atoms with Crippen molar-refractivity contribution in [1.29, 1.82) is 0 Å². The van der Waals surface area contributed by atoms with Crippen LogP contribution in [0.5, 0.6) is 5.75 Å². The van der Waals surface area contributed by atoms with Crippen LogP contribution in [0.4, 0.5) is 5.69 Å². The van der Waals surface area contributed by atoms with E-state index in [0.717, 1.165) is 17.0 Å². The second-order valence-electron chi connectivity index (χ2n) is 7.25. The van der Waals surface area contributed by atoms with Gasteiger partial charge in [-0.25, -0.2) is 4.68 Å². The minimum absolute atomic E-state index is 0.0710. The fourth-order valence-electron chi connectivity index (χ4n) is 3.56. The maximum atomic E-state index is 12.6. The zero-order valence-electron chi connectivity index (χ0n) is 18.1. The molecule has 0 spiro atoms. The van der Waals surface area contributed by atoms with Crippen molar-refractivity contribution in [2.45, 2.75) is 40.5 Å². The molecule has 0 fully saturated rings. The maximum absolute atomic E-state index is 12.6. The first-order valence-electron chi connectivity index (χ1n) is 10.2. The zero-order valence-corrected chi connectivity index (χ0v) is 18.1.